The Morgan fingerprint density at radius 2 is 1.73 bits per heavy atom. The maximum atomic E-state index is 12.8. The number of benzene rings is 3. The average Bonchev–Trinajstić information content (AvgIpc) is 2.82. The van der Waals surface area contributed by atoms with Crippen molar-refractivity contribution >= 4 is 27.3 Å². The number of rotatable bonds is 8. The molecule has 33 heavy (non-hydrogen) atoms. The molecule has 0 saturated heterocycles. The lowest BCUT2D eigenvalue weighted by Crippen LogP contribution is -2.20. The van der Waals surface area contributed by atoms with Crippen LogP contribution in [0.1, 0.15) is 22.8 Å². The molecule has 10 heteroatoms. The molecule has 0 aliphatic heterocycles. The van der Waals surface area contributed by atoms with Gasteiger partial charge in [-0.3, -0.25) is 9.52 Å². The van der Waals surface area contributed by atoms with Gasteiger partial charge in [0, 0.05) is 17.2 Å². The predicted molar refractivity (Wildman–Crippen MR) is 125 cm³/mol. The first-order valence-electron chi connectivity index (χ1n) is 9.73. The number of nitrogens with zero attached hydrogens (tertiary/aromatic N) is 1. The number of phenolic OH excluding ortho intramolecular Hbond substituents is 1. The number of hydrogen-bond donors (Lipinski definition) is 3. The number of carbonyl (C=O) groups excluding carboxylic acids is 1. The summed E-state index contributed by atoms with van der Waals surface area (Å²) in [5.41, 5.74) is 3.50. The van der Waals surface area contributed by atoms with E-state index in [4.69, 9.17) is 9.47 Å². The highest BCUT2D eigenvalue weighted by atomic mass is 32.2. The molecule has 0 aliphatic rings. The molecule has 0 atom stereocenters. The Hall–Kier alpha value is -4.05. The van der Waals surface area contributed by atoms with Crippen LogP contribution in [0.4, 0.5) is 5.69 Å². The van der Waals surface area contributed by atoms with Gasteiger partial charge in [-0.05, 0) is 49.4 Å². The number of methoxy groups -OCH3 is 2. The lowest BCUT2D eigenvalue weighted by molar-refractivity contribution is 0.0954. The molecule has 0 aromatic heterocycles. The van der Waals surface area contributed by atoms with Gasteiger partial charge in [0.1, 0.15) is 17.2 Å². The number of para-hydroxylation sites is 2. The standard InChI is InChI=1S/C23H23N3O6S/c1-15(19-12-11-17(31-2)14-21(19)27)24-25-23(28)16-7-6-8-18(13-16)33(29,30)26-20-9-4-5-10-22(20)32-3/h4-14,26-27H,1-3H3,(H,25,28). The maximum absolute atomic E-state index is 12.8. The molecule has 9 nitrogen and oxygen atoms in total. The molecule has 0 fully saturated rings. The zero-order valence-electron chi connectivity index (χ0n) is 18.2. The predicted octanol–water partition coefficient (Wildman–Crippen LogP) is 3.36. The number of sulfonamides is 1. The number of aromatic hydroxyl groups is 1. The summed E-state index contributed by atoms with van der Waals surface area (Å²) >= 11 is 0. The molecule has 3 N–H and O–H groups in total. The van der Waals surface area contributed by atoms with Crippen LogP contribution in [0.3, 0.4) is 0 Å². The summed E-state index contributed by atoms with van der Waals surface area (Å²) in [6.07, 6.45) is 0. The molecule has 0 unspecified atom stereocenters. The summed E-state index contributed by atoms with van der Waals surface area (Å²) in [6.45, 7) is 1.61. The van der Waals surface area contributed by atoms with Crippen LogP contribution >= 0.6 is 0 Å². The highest BCUT2D eigenvalue weighted by molar-refractivity contribution is 7.92. The molecule has 0 spiro atoms. The van der Waals surface area contributed by atoms with Crippen LogP contribution in [0.15, 0.2) is 76.7 Å². The third-order valence-corrected chi connectivity index (χ3v) is 6.04. The summed E-state index contributed by atoms with van der Waals surface area (Å²) in [5, 5.41) is 14.1. The van der Waals surface area contributed by atoms with Gasteiger partial charge in [-0.25, -0.2) is 13.8 Å². The largest absolute Gasteiger partial charge is 0.507 e. The van der Waals surface area contributed by atoms with Crippen molar-refractivity contribution in [3.63, 3.8) is 0 Å². The van der Waals surface area contributed by atoms with E-state index < -0.39 is 15.9 Å². The first-order chi connectivity index (χ1) is 15.7. The summed E-state index contributed by atoms with van der Waals surface area (Å²) in [7, 11) is -1.06. The molecule has 0 aliphatic carbocycles. The molecule has 0 radical (unpaired) electrons. The van der Waals surface area contributed by atoms with E-state index in [0.717, 1.165) is 0 Å². The second-order valence-electron chi connectivity index (χ2n) is 6.85. The normalized spacial score (nSPS) is 11.5. The number of ether oxygens (including phenoxy) is 2. The summed E-state index contributed by atoms with van der Waals surface area (Å²) in [6, 6.07) is 16.8. The minimum absolute atomic E-state index is 0.0552. The number of amides is 1. The van der Waals surface area contributed by atoms with Crippen LogP contribution in [0.25, 0.3) is 0 Å². The fourth-order valence-corrected chi connectivity index (χ4v) is 4.06. The van der Waals surface area contributed by atoms with Gasteiger partial charge in [0.2, 0.25) is 0 Å². The molecular weight excluding hydrogens is 446 g/mol. The van der Waals surface area contributed by atoms with E-state index in [-0.39, 0.29) is 21.9 Å². The molecule has 0 heterocycles. The van der Waals surface area contributed by atoms with Crippen molar-refractivity contribution in [3.05, 3.63) is 77.9 Å². The Labute approximate surface area is 191 Å². The van der Waals surface area contributed by atoms with Crippen LogP contribution in [0, 0.1) is 0 Å². The van der Waals surface area contributed by atoms with Crippen LogP contribution in [0.2, 0.25) is 0 Å². The Morgan fingerprint density at radius 3 is 2.42 bits per heavy atom. The third kappa shape index (κ3) is 5.60. The topological polar surface area (TPSA) is 126 Å². The molecule has 3 aromatic carbocycles. The molecule has 3 rings (SSSR count). The molecule has 0 bridgehead atoms. The quantitative estimate of drug-likeness (QED) is 0.343. The van der Waals surface area contributed by atoms with Crippen LogP contribution < -0.4 is 19.6 Å². The molecular formula is C23H23N3O6S. The van der Waals surface area contributed by atoms with Gasteiger partial charge in [-0.1, -0.05) is 18.2 Å². The minimum Gasteiger partial charge on any atom is -0.507 e. The van der Waals surface area contributed by atoms with E-state index in [2.05, 4.69) is 15.2 Å². The van der Waals surface area contributed by atoms with Crippen LogP contribution in [-0.4, -0.2) is 39.4 Å². The van der Waals surface area contributed by atoms with E-state index in [1.165, 1.54) is 44.6 Å². The first-order valence-corrected chi connectivity index (χ1v) is 11.2. The van der Waals surface area contributed by atoms with Crippen molar-refractivity contribution in [2.24, 2.45) is 5.10 Å². The smallest absolute Gasteiger partial charge is 0.271 e. The first kappa shape index (κ1) is 23.6. The van der Waals surface area contributed by atoms with Crippen molar-refractivity contribution in [2.45, 2.75) is 11.8 Å². The lowest BCUT2D eigenvalue weighted by Gasteiger charge is -2.12. The third-order valence-electron chi connectivity index (χ3n) is 4.68. The van der Waals surface area contributed by atoms with Crippen molar-refractivity contribution in [3.8, 4) is 17.2 Å². The number of nitrogens with one attached hydrogen (secondary N) is 2. The van der Waals surface area contributed by atoms with Crippen molar-refractivity contribution in [2.75, 3.05) is 18.9 Å². The minimum atomic E-state index is -3.98. The van der Waals surface area contributed by atoms with Crippen LogP contribution in [0.5, 0.6) is 17.2 Å². The van der Waals surface area contributed by atoms with E-state index in [9.17, 15) is 18.3 Å². The Morgan fingerprint density at radius 1 is 0.970 bits per heavy atom. The monoisotopic (exact) mass is 469 g/mol. The summed E-state index contributed by atoms with van der Waals surface area (Å²) < 4.78 is 38.3. The van der Waals surface area contributed by atoms with Gasteiger partial charge in [-0.15, -0.1) is 0 Å². The molecule has 1 amide bonds. The van der Waals surface area contributed by atoms with Gasteiger partial charge in [0.05, 0.1) is 30.5 Å². The van der Waals surface area contributed by atoms with Gasteiger partial charge < -0.3 is 14.6 Å². The number of phenols is 1. The SMILES string of the molecule is COc1ccc(C(C)=NNC(=O)c2cccc(S(=O)(=O)Nc3ccccc3OC)c2)c(O)c1. The van der Waals surface area contributed by atoms with E-state index in [0.29, 0.717) is 22.8 Å². The second-order valence-corrected chi connectivity index (χ2v) is 8.54. The number of hydrogen-bond acceptors (Lipinski definition) is 7. The van der Waals surface area contributed by atoms with Gasteiger partial charge >= 0.3 is 0 Å². The molecule has 3 aromatic rings. The van der Waals surface area contributed by atoms with E-state index >= 15 is 0 Å². The number of anilines is 1. The number of hydrazone groups is 1. The Balaban J connectivity index is 1.78. The number of carbonyl (C=O) groups is 1. The summed E-state index contributed by atoms with van der Waals surface area (Å²) in [4.78, 5) is 12.5. The highest BCUT2D eigenvalue weighted by Crippen LogP contribution is 2.26. The second kappa shape index (κ2) is 10.0. The van der Waals surface area contributed by atoms with E-state index in [1.54, 1.807) is 43.3 Å². The van der Waals surface area contributed by atoms with Crippen molar-refractivity contribution < 1.29 is 27.8 Å². The van der Waals surface area contributed by atoms with E-state index in [1.807, 2.05) is 0 Å². The van der Waals surface area contributed by atoms with Crippen molar-refractivity contribution in [1.82, 2.24) is 5.43 Å². The molecule has 172 valence electrons. The lowest BCUT2D eigenvalue weighted by atomic mass is 10.1. The van der Waals surface area contributed by atoms with Gasteiger partial charge in [-0.2, -0.15) is 5.10 Å². The zero-order chi connectivity index (χ0) is 24.0. The van der Waals surface area contributed by atoms with Crippen molar-refractivity contribution in [1.29, 1.82) is 0 Å². The fourth-order valence-electron chi connectivity index (χ4n) is 2.94. The highest BCUT2D eigenvalue weighted by Gasteiger charge is 2.18. The fraction of sp³-hybridized carbons (Fsp3) is 0.130. The van der Waals surface area contributed by atoms with Gasteiger partial charge in [0.25, 0.3) is 15.9 Å². The average molecular weight is 470 g/mol. The zero-order valence-corrected chi connectivity index (χ0v) is 19.0. The molecule has 0 saturated carbocycles. The maximum Gasteiger partial charge on any atom is 0.271 e. The Bertz CT molecular complexity index is 1310. The van der Waals surface area contributed by atoms with Crippen LogP contribution in [-0.2, 0) is 10.0 Å². The Kier molecular flexibility index (Phi) is 7.19. The summed E-state index contributed by atoms with van der Waals surface area (Å²) in [5.74, 6) is 0.173. The van der Waals surface area contributed by atoms with Gasteiger partial charge in [0.15, 0.2) is 0 Å².